The number of piperidine rings is 1. The maximum Gasteiger partial charge on any atom is 0.337 e. The second-order valence-electron chi connectivity index (χ2n) is 5.46. The first kappa shape index (κ1) is 13.4. The topological polar surface area (TPSA) is 59.0 Å². The first-order valence-corrected chi connectivity index (χ1v) is 6.96. The highest BCUT2D eigenvalue weighted by atomic mass is 16.7. The summed E-state index contributed by atoms with van der Waals surface area (Å²) < 4.78 is 11.5. The van der Waals surface area contributed by atoms with Gasteiger partial charge in [-0.2, -0.15) is 0 Å². The molecule has 0 aromatic heterocycles. The summed E-state index contributed by atoms with van der Waals surface area (Å²) >= 11 is 0. The Morgan fingerprint density at radius 2 is 2.10 bits per heavy atom. The molecule has 0 amide bonds. The van der Waals surface area contributed by atoms with Gasteiger partial charge in [-0.1, -0.05) is 6.07 Å². The van der Waals surface area contributed by atoms with Gasteiger partial charge in [-0.05, 0) is 31.0 Å². The van der Waals surface area contributed by atoms with Crippen LogP contribution in [0.4, 0.5) is 5.69 Å². The van der Waals surface area contributed by atoms with Crippen molar-refractivity contribution in [3.8, 4) is 0 Å². The van der Waals surface area contributed by atoms with Crippen LogP contribution in [0.15, 0.2) is 18.2 Å². The molecule has 0 radical (unpaired) electrons. The van der Waals surface area contributed by atoms with E-state index in [1.54, 1.807) is 6.07 Å². The molecule has 0 unspecified atom stereocenters. The van der Waals surface area contributed by atoms with Crippen molar-refractivity contribution in [1.82, 2.24) is 0 Å². The predicted octanol–water partition coefficient (Wildman–Crippen LogP) is 2.04. The second-order valence-corrected chi connectivity index (χ2v) is 5.46. The third-order valence-corrected chi connectivity index (χ3v) is 3.96. The number of aromatic carboxylic acids is 1. The molecule has 108 valence electrons. The maximum atomic E-state index is 11.4. The molecule has 1 N–H and O–H groups in total. The van der Waals surface area contributed by atoms with Crippen LogP contribution in [0, 0.1) is 6.92 Å². The van der Waals surface area contributed by atoms with Gasteiger partial charge < -0.3 is 19.5 Å². The zero-order valence-corrected chi connectivity index (χ0v) is 11.6. The standard InChI is InChI=1S/C15H19NO4/c1-11-3-4-12(14(17)18)13(9-11)16-6-2-5-15(10-16)19-7-8-20-15/h3-4,9H,2,5-8,10H2,1H3,(H,17,18). The van der Waals surface area contributed by atoms with Gasteiger partial charge in [-0.3, -0.25) is 0 Å². The molecular formula is C15H19NO4. The first-order valence-electron chi connectivity index (χ1n) is 6.96. The van der Waals surface area contributed by atoms with E-state index in [1.807, 2.05) is 19.1 Å². The van der Waals surface area contributed by atoms with Crippen LogP contribution >= 0.6 is 0 Å². The van der Waals surface area contributed by atoms with Crippen LogP contribution in [0.2, 0.25) is 0 Å². The summed E-state index contributed by atoms with van der Waals surface area (Å²) in [6.45, 7) is 4.63. The molecule has 0 saturated carbocycles. The molecule has 2 fully saturated rings. The van der Waals surface area contributed by atoms with E-state index in [0.717, 1.165) is 30.6 Å². The highest BCUT2D eigenvalue weighted by molar-refractivity contribution is 5.94. The number of nitrogens with zero attached hydrogens (tertiary/aromatic N) is 1. The summed E-state index contributed by atoms with van der Waals surface area (Å²) in [6, 6.07) is 5.43. The molecule has 1 spiro atoms. The van der Waals surface area contributed by atoms with Crippen LogP contribution in [-0.4, -0.2) is 43.2 Å². The van der Waals surface area contributed by atoms with Crippen molar-refractivity contribution < 1.29 is 19.4 Å². The van der Waals surface area contributed by atoms with Crippen molar-refractivity contribution in [3.63, 3.8) is 0 Å². The lowest BCUT2D eigenvalue weighted by Gasteiger charge is -2.40. The average molecular weight is 277 g/mol. The monoisotopic (exact) mass is 277 g/mol. The number of carboxylic acid groups (broad SMARTS) is 1. The van der Waals surface area contributed by atoms with E-state index in [4.69, 9.17) is 9.47 Å². The molecule has 0 aliphatic carbocycles. The van der Waals surface area contributed by atoms with Gasteiger partial charge in [-0.25, -0.2) is 4.79 Å². The van der Waals surface area contributed by atoms with Crippen LogP contribution < -0.4 is 4.90 Å². The van der Waals surface area contributed by atoms with Gasteiger partial charge in [0.25, 0.3) is 0 Å². The number of ether oxygens (including phenoxy) is 2. The molecule has 2 aliphatic heterocycles. The number of carbonyl (C=O) groups is 1. The van der Waals surface area contributed by atoms with E-state index in [-0.39, 0.29) is 0 Å². The molecule has 20 heavy (non-hydrogen) atoms. The van der Waals surface area contributed by atoms with E-state index < -0.39 is 11.8 Å². The minimum Gasteiger partial charge on any atom is -0.478 e. The van der Waals surface area contributed by atoms with Crippen LogP contribution in [0.3, 0.4) is 0 Å². The fraction of sp³-hybridized carbons (Fsp3) is 0.533. The summed E-state index contributed by atoms with van der Waals surface area (Å²) in [5.74, 6) is -1.44. The zero-order chi connectivity index (χ0) is 14.2. The Morgan fingerprint density at radius 1 is 1.35 bits per heavy atom. The Bertz CT molecular complexity index is 523. The first-order chi connectivity index (χ1) is 9.60. The van der Waals surface area contributed by atoms with E-state index in [9.17, 15) is 9.90 Å². The smallest absolute Gasteiger partial charge is 0.337 e. The van der Waals surface area contributed by atoms with Crippen LogP contribution in [0.5, 0.6) is 0 Å². The van der Waals surface area contributed by atoms with E-state index in [2.05, 4.69) is 4.90 Å². The summed E-state index contributed by atoms with van der Waals surface area (Å²) in [7, 11) is 0. The summed E-state index contributed by atoms with van der Waals surface area (Å²) in [5.41, 5.74) is 2.15. The van der Waals surface area contributed by atoms with Gasteiger partial charge in [0.05, 0.1) is 31.0 Å². The lowest BCUT2D eigenvalue weighted by Crippen LogP contribution is -2.49. The van der Waals surface area contributed by atoms with Gasteiger partial charge >= 0.3 is 5.97 Å². The molecule has 1 aromatic carbocycles. The van der Waals surface area contributed by atoms with Crippen molar-refractivity contribution in [2.24, 2.45) is 0 Å². The highest BCUT2D eigenvalue weighted by Crippen LogP contribution is 2.34. The maximum absolute atomic E-state index is 11.4. The largest absolute Gasteiger partial charge is 0.478 e. The van der Waals surface area contributed by atoms with E-state index in [0.29, 0.717) is 25.3 Å². The Labute approximate surface area is 118 Å². The van der Waals surface area contributed by atoms with Gasteiger partial charge in [0.1, 0.15) is 0 Å². The lowest BCUT2D eigenvalue weighted by atomic mass is 10.0. The molecular weight excluding hydrogens is 258 g/mol. The van der Waals surface area contributed by atoms with Crippen molar-refractivity contribution >= 4 is 11.7 Å². The summed E-state index contributed by atoms with van der Waals surface area (Å²) in [6.07, 6.45) is 1.81. The van der Waals surface area contributed by atoms with E-state index >= 15 is 0 Å². The third-order valence-electron chi connectivity index (χ3n) is 3.96. The van der Waals surface area contributed by atoms with Gasteiger partial charge in [0, 0.05) is 13.0 Å². The fourth-order valence-corrected chi connectivity index (χ4v) is 3.01. The Morgan fingerprint density at radius 3 is 2.80 bits per heavy atom. The Kier molecular flexibility index (Phi) is 3.40. The van der Waals surface area contributed by atoms with Gasteiger partial charge in [-0.15, -0.1) is 0 Å². The Hall–Kier alpha value is -1.59. The average Bonchev–Trinajstić information content (AvgIpc) is 2.86. The normalized spacial score (nSPS) is 21.4. The second kappa shape index (κ2) is 5.07. The number of hydrogen-bond acceptors (Lipinski definition) is 4. The Balaban J connectivity index is 1.92. The molecule has 2 saturated heterocycles. The number of carboxylic acids is 1. The molecule has 5 heteroatoms. The number of hydrogen-bond donors (Lipinski definition) is 1. The SMILES string of the molecule is Cc1ccc(C(=O)O)c(N2CCCC3(C2)OCCO3)c1. The predicted molar refractivity (Wildman–Crippen MR) is 74.2 cm³/mol. The molecule has 5 nitrogen and oxygen atoms in total. The summed E-state index contributed by atoms with van der Waals surface area (Å²) in [5, 5.41) is 9.35. The molecule has 1 aromatic rings. The van der Waals surface area contributed by atoms with Crippen molar-refractivity contribution in [3.05, 3.63) is 29.3 Å². The van der Waals surface area contributed by atoms with Crippen LogP contribution in [-0.2, 0) is 9.47 Å². The fourth-order valence-electron chi connectivity index (χ4n) is 3.01. The van der Waals surface area contributed by atoms with Gasteiger partial charge in [0.2, 0.25) is 0 Å². The zero-order valence-electron chi connectivity index (χ0n) is 11.6. The van der Waals surface area contributed by atoms with Gasteiger partial charge in [0.15, 0.2) is 5.79 Å². The molecule has 0 atom stereocenters. The molecule has 2 aliphatic rings. The van der Waals surface area contributed by atoms with Crippen molar-refractivity contribution in [1.29, 1.82) is 0 Å². The minimum absolute atomic E-state index is 0.339. The van der Waals surface area contributed by atoms with E-state index in [1.165, 1.54) is 0 Å². The van der Waals surface area contributed by atoms with Crippen molar-refractivity contribution in [2.75, 3.05) is 31.2 Å². The highest BCUT2D eigenvalue weighted by Gasteiger charge is 2.41. The number of benzene rings is 1. The minimum atomic E-state index is -0.895. The third kappa shape index (κ3) is 2.39. The number of anilines is 1. The number of aryl methyl sites for hydroxylation is 1. The van der Waals surface area contributed by atoms with Crippen LogP contribution in [0.25, 0.3) is 0 Å². The molecule has 3 rings (SSSR count). The molecule has 0 bridgehead atoms. The summed E-state index contributed by atoms with van der Waals surface area (Å²) in [4.78, 5) is 13.5. The quantitative estimate of drug-likeness (QED) is 0.896. The van der Waals surface area contributed by atoms with Crippen LogP contribution in [0.1, 0.15) is 28.8 Å². The van der Waals surface area contributed by atoms with Crippen molar-refractivity contribution in [2.45, 2.75) is 25.6 Å². The molecule has 2 heterocycles. The lowest BCUT2D eigenvalue weighted by molar-refractivity contribution is -0.161. The number of rotatable bonds is 2.